The minimum Gasteiger partial charge on any atom is -0.490 e. The van der Waals surface area contributed by atoms with E-state index in [1.165, 1.54) is 0 Å². The smallest absolute Gasteiger partial charge is 0.150 e. The first-order valence-corrected chi connectivity index (χ1v) is 6.51. The van der Waals surface area contributed by atoms with Crippen LogP contribution in [0.2, 0.25) is 0 Å². The summed E-state index contributed by atoms with van der Waals surface area (Å²) < 4.78 is 17.5. The van der Waals surface area contributed by atoms with Gasteiger partial charge in [-0.05, 0) is 12.3 Å². The van der Waals surface area contributed by atoms with Gasteiger partial charge in [-0.1, -0.05) is 33.8 Å². The summed E-state index contributed by atoms with van der Waals surface area (Å²) in [6, 6.07) is 0. The summed E-state index contributed by atoms with van der Waals surface area (Å²) in [6.45, 7) is 13.9. The third-order valence-corrected chi connectivity index (χ3v) is 4.28. The summed E-state index contributed by atoms with van der Waals surface area (Å²) in [6.07, 6.45) is 1.44. The molecule has 2 heterocycles. The molecule has 0 N–H and O–H groups in total. The minimum atomic E-state index is 0.0233. The summed E-state index contributed by atoms with van der Waals surface area (Å²) in [5.41, 5.74) is 0.261. The van der Waals surface area contributed by atoms with Crippen molar-refractivity contribution in [2.24, 2.45) is 11.3 Å². The van der Waals surface area contributed by atoms with Gasteiger partial charge in [0.05, 0.1) is 25.1 Å². The van der Waals surface area contributed by atoms with Gasteiger partial charge in [0.25, 0.3) is 0 Å². The normalized spacial score (nSPS) is 36.9. The number of fused-ring (bicyclic) bond motifs is 1. The second kappa shape index (κ2) is 4.62. The highest BCUT2D eigenvalue weighted by atomic mass is 16.6. The Balaban J connectivity index is 2.04. The van der Waals surface area contributed by atoms with Gasteiger partial charge in [0.15, 0.2) is 0 Å². The molecular weight excluding hydrogens is 216 g/mol. The molecule has 2 aliphatic rings. The maximum absolute atomic E-state index is 5.90. The zero-order valence-corrected chi connectivity index (χ0v) is 11.4. The molecule has 3 nitrogen and oxygen atoms in total. The van der Waals surface area contributed by atoms with E-state index >= 15 is 0 Å². The molecule has 0 aromatic heterocycles. The molecule has 2 fully saturated rings. The standard InChI is InChI=1S/C14H24O3/c1-6-14(4,5)10-7-15-13-11(17-9(2)3)8-16-12(10)13/h10-13H,2,6-8H2,1,3-5H3. The number of rotatable bonds is 4. The van der Waals surface area contributed by atoms with Crippen LogP contribution in [0.1, 0.15) is 34.1 Å². The Morgan fingerprint density at radius 2 is 1.94 bits per heavy atom. The van der Waals surface area contributed by atoms with E-state index in [-0.39, 0.29) is 23.7 Å². The number of hydrogen-bond donors (Lipinski definition) is 0. The van der Waals surface area contributed by atoms with Crippen molar-refractivity contribution in [1.82, 2.24) is 0 Å². The average Bonchev–Trinajstić information content (AvgIpc) is 2.80. The predicted octanol–water partition coefficient (Wildman–Crippen LogP) is 2.76. The van der Waals surface area contributed by atoms with Crippen LogP contribution in [-0.2, 0) is 14.2 Å². The lowest BCUT2D eigenvalue weighted by atomic mass is 9.74. The molecule has 0 radical (unpaired) electrons. The van der Waals surface area contributed by atoms with Crippen LogP contribution >= 0.6 is 0 Å². The Labute approximate surface area is 104 Å². The molecule has 4 atom stereocenters. The minimum absolute atomic E-state index is 0.0233. The summed E-state index contributed by atoms with van der Waals surface area (Å²) in [7, 11) is 0. The fourth-order valence-electron chi connectivity index (χ4n) is 2.76. The molecule has 0 aromatic rings. The molecule has 2 aliphatic heterocycles. The first-order valence-electron chi connectivity index (χ1n) is 6.51. The molecule has 0 amide bonds. The molecule has 17 heavy (non-hydrogen) atoms. The zero-order valence-electron chi connectivity index (χ0n) is 11.4. The molecule has 0 aliphatic carbocycles. The van der Waals surface area contributed by atoms with Gasteiger partial charge in [-0.2, -0.15) is 0 Å². The van der Waals surface area contributed by atoms with Crippen molar-refractivity contribution in [3.8, 4) is 0 Å². The lowest BCUT2D eigenvalue weighted by Gasteiger charge is -2.32. The highest BCUT2D eigenvalue weighted by Gasteiger charge is 2.52. The van der Waals surface area contributed by atoms with E-state index in [1.54, 1.807) is 0 Å². The average molecular weight is 240 g/mol. The fourth-order valence-corrected chi connectivity index (χ4v) is 2.76. The van der Waals surface area contributed by atoms with Crippen LogP contribution in [0.4, 0.5) is 0 Å². The molecule has 0 aromatic carbocycles. The van der Waals surface area contributed by atoms with Gasteiger partial charge in [0, 0.05) is 5.92 Å². The molecule has 0 spiro atoms. The van der Waals surface area contributed by atoms with Crippen LogP contribution < -0.4 is 0 Å². The van der Waals surface area contributed by atoms with Crippen molar-refractivity contribution in [3.05, 3.63) is 12.3 Å². The van der Waals surface area contributed by atoms with Crippen molar-refractivity contribution in [1.29, 1.82) is 0 Å². The van der Waals surface area contributed by atoms with Gasteiger partial charge in [-0.3, -0.25) is 0 Å². The van der Waals surface area contributed by atoms with Crippen LogP contribution in [0.5, 0.6) is 0 Å². The van der Waals surface area contributed by atoms with E-state index in [4.69, 9.17) is 14.2 Å². The van der Waals surface area contributed by atoms with E-state index in [1.807, 2.05) is 6.92 Å². The van der Waals surface area contributed by atoms with E-state index in [9.17, 15) is 0 Å². The summed E-state index contributed by atoms with van der Waals surface area (Å²) in [4.78, 5) is 0. The highest BCUT2D eigenvalue weighted by molar-refractivity contribution is 5.00. The van der Waals surface area contributed by atoms with Gasteiger partial charge in [-0.15, -0.1) is 0 Å². The van der Waals surface area contributed by atoms with Gasteiger partial charge in [0.2, 0.25) is 0 Å². The first-order chi connectivity index (χ1) is 7.95. The maximum Gasteiger partial charge on any atom is 0.150 e. The van der Waals surface area contributed by atoms with Gasteiger partial charge < -0.3 is 14.2 Å². The zero-order chi connectivity index (χ0) is 12.6. The van der Waals surface area contributed by atoms with E-state index in [2.05, 4.69) is 27.4 Å². The van der Waals surface area contributed by atoms with Crippen LogP contribution in [0, 0.1) is 11.3 Å². The monoisotopic (exact) mass is 240 g/mol. The predicted molar refractivity (Wildman–Crippen MR) is 66.7 cm³/mol. The van der Waals surface area contributed by atoms with Gasteiger partial charge >= 0.3 is 0 Å². The Hall–Kier alpha value is -0.540. The van der Waals surface area contributed by atoms with E-state index in [0.29, 0.717) is 12.5 Å². The van der Waals surface area contributed by atoms with Gasteiger partial charge in [0.1, 0.15) is 12.2 Å². The van der Waals surface area contributed by atoms with Crippen LogP contribution in [0.3, 0.4) is 0 Å². The van der Waals surface area contributed by atoms with E-state index in [0.717, 1.165) is 18.8 Å². The SMILES string of the molecule is C=C(C)OC1COC2C1OCC2C(C)(C)CC. The second-order valence-corrected chi connectivity index (χ2v) is 5.90. The molecule has 2 rings (SSSR count). The molecule has 0 saturated carbocycles. The first kappa shape index (κ1) is 12.9. The largest absolute Gasteiger partial charge is 0.490 e. The third kappa shape index (κ3) is 2.36. The Bertz CT molecular complexity index is 298. The number of hydrogen-bond acceptors (Lipinski definition) is 3. The number of ether oxygens (including phenoxy) is 3. The summed E-state index contributed by atoms with van der Waals surface area (Å²) in [5, 5.41) is 0. The Morgan fingerprint density at radius 1 is 1.29 bits per heavy atom. The van der Waals surface area contributed by atoms with Gasteiger partial charge in [-0.25, -0.2) is 0 Å². The third-order valence-electron chi connectivity index (χ3n) is 4.28. The lowest BCUT2D eigenvalue weighted by Crippen LogP contribution is -2.36. The quantitative estimate of drug-likeness (QED) is 0.707. The molecule has 2 saturated heterocycles. The topological polar surface area (TPSA) is 27.7 Å². The summed E-state index contributed by atoms with van der Waals surface area (Å²) in [5.74, 6) is 1.21. The molecule has 3 heteroatoms. The summed E-state index contributed by atoms with van der Waals surface area (Å²) >= 11 is 0. The fraction of sp³-hybridized carbons (Fsp3) is 0.857. The molecular formula is C14H24O3. The molecule has 0 bridgehead atoms. The van der Waals surface area contributed by atoms with Crippen molar-refractivity contribution in [2.45, 2.75) is 52.4 Å². The van der Waals surface area contributed by atoms with Crippen molar-refractivity contribution >= 4 is 0 Å². The van der Waals surface area contributed by atoms with Crippen molar-refractivity contribution < 1.29 is 14.2 Å². The lowest BCUT2D eigenvalue weighted by molar-refractivity contribution is -0.00840. The Morgan fingerprint density at radius 3 is 2.53 bits per heavy atom. The Kier molecular flexibility index (Phi) is 3.50. The molecule has 4 unspecified atom stereocenters. The maximum atomic E-state index is 5.90. The highest BCUT2D eigenvalue weighted by Crippen LogP contribution is 2.43. The van der Waals surface area contributed by atoms with Crippen molar-refractivity contribution in [3.63, 3.8) is 0 Å². The molecule has 98 valence electrons. The van der Waals surface area contributed by atoms with Crippen LogP contribution in [-0.4, -0.2) is 31.5 Å². The van der Waals surface area contributed by atoms with E-state index < -0.39 is 0 Å². The van der Waals surface area contributed by atoms with Crippen LogP contribution in [0.15, 0.2) is 12.3 Å². The number of allylic oxidation sites excluding steroid dienone is 1. The second-order valence-electron chi connectivity index (χ2n) is 5.90. The van der Waals surface area contributed by atoms with Crippen LogP contribution in [0.25, 0.3) is 0 Å². The van der Waals surface area contributed by atoms with Crippen molar-refractivity contribution in [2.75, 3.05) is 13.2 Å².